The Kier molecular flexibility index (Phi) is 3.82. The third-order valence-corrected chi connectivity index (χ3v) is 4.13. The zero-order valence-corrected chi connectivity index (χ0v) is 13.7. The molecule has 4 rings (SSSR count). The van der Waals surface area contributed by atoms with E-state index in [-0.39, 0.29) is 11.8 Å². The molecule has 25 heavy (non-hydrogen) atoms. The minimum Gasteiger partial charge on any atom is -0.505 e. The van der Waals surface area contributed by atoms with E-state index in [2.05, 4.69) is 15.3 Å². The maximum Gasteiger partial charge on any atom is 0.147 e. The number of aryl methyl sites for hydroxylation is 1. The topological polar surface area (TPSA) is 71.2 Å². The highest BCUT2D eigenvalue weighted by Gasteiger charge is 2.22. The third kappa shape index (κ3) is 2.92. The molecule has 0 aliphatic rings. The number of furan rings is 1. The minimum atomic E-state index is -0.379. The summed E-state index contributed by atoms with van der Waals surface area (Å²) in [5.74, 6) is 1.54. The van der Waals surface area contributed by atoms with Gasteiger partial charge in [0.1, 0.15) is 28.9 Å². The van der Waals surface area contributed by atoms with E-state index in [9.17, 15) is 5.11 Å². The van der Waals surface area contributed by atoms with Gasteiger partial charge in [0.15, 0.2) is 0 Å². The van der Waals surface area contributed by atoms with Gasteiger partial charge < -0.3 is 14.8 Å². The van der Waals surface area contributed by atoms with Gasteiger partial charge in [0.2, 0.25) is 0 Å². The quantitative estimate of drug-likeness (QED) is 0.578. The van der Waals surface area contributed by atoms with Crippen LogP contribution >= 0.6 is 0 Å². The number of phenolic OH excluding ortho intramolecular Hbond substituents is 1. The fraction of sp³-hybridized carbons (Fsp3) is 0.100. The van der Waals surface area contributed by atoms with Crippen LogP contribution in [0.3, 0.4) is 0 Å². The molecule has 3 heterocycles. The van der Waals surface area contributed by atoms with Gasteiger partial charge >= 0.3 is 0 Å². The molecule has 0 saturated carbocycles. The predicted octanol–water partition coefficient (Wildman–Crippen LogP) is 4.44. The number of hydrogen-bond donors (Lipinski definition) is 2. The van der Waals surface area contributed by atoms with Gasteiger partial charge in [0.25, 0.3) is 0 Å². The number of fused-ring (bicyclic) bond motifs is 1. The van der Waals surface area contributed by atoms with Crippen molar-refractivity contribution in [3.8, 4) is 5.75 Å². The number of benzene rings is 1. The average molecular weight is 331 g/mol. The molecule has 5 nitrogen and oxygen atoms in total. The van der Waals surface area contributed by atoms with Gasteiger partial charge in [-0.25, -0.2) is 4.98 Å². The lowest BCUT2D eigenvalue weighted by Gasteiger charge is -2.19. The molecule has 5 heteroatoms. The second-order valence-corrected chi connectivity index (χ2v) is 5.89. The number of hydrogen-bond acceptors (Lipinski definition) is 5. The largest absolute Gasteiger partial charge is 0.505 e. The van der Waals surface area contributed by atoms with E-state index >= 15 is 0 Å². The monoisotopic (exact) mass is 331 g/mol. The van der Waals surface area contributed by atoms with Crippen LogP contribution in [0, 0.1) is 6.92 Å². The Bertz CT molecular complexity index is 1010. The van der Waals surface area contributed by atoms with Crippen LogP contribution < -0.4 is 5.32 Å². The lowest BCUT2D eigenvalue weighted by molar-refractivity contribution is 0.458. The number of aromatic nitrogens is 2. The maximum absolute atomic E-state index is 10.8. The van der Waals surface area contributed by atoms with E-state index in [4.69, 9.17) is 4.42 Å². The number of rotatable bonds is 4. The van der Waals surface area contributed by atoms with E-state index in [1.807, 2.05) is 55.5 Å². The van der Waals surface area contributed by atoms with E-state index in [1.54, 1.807) is 18.7 Å². The zero-order valence-electron chi connectivity index (χ0n) is 13.7. The van der Waals surface area contributed by atoms with Gasteiger partial charge in [-0.15, -0.1) is 0 Å². The number of anilines is 1. The summed E-state index contributed by atoms with van der Waals surface area (Å²) < 4.78 is 5.60. The molecular weight excluding hydrogens is 314 g/mol. The Morgan fingerprint density at radius 1 is 1.04 bits per heavy atom. The summed E-state index contributed by atoms with van der Waals surface area (Å²) in [6.45, 7) is 2.01. The standard InChI is InChI=1S/C20H17N3O2/c1-13-8-10-21-17(12-13)23-19(16-5-3-11-25-16)15-7-6-14-4-2-9-22-18(14)20(15)24/h2-12,19,24H,1H3,(H,21,23). The molecule has 1 aromatic carbocycles. The van der Waals surface area contributed by atoms with E-state index < -0.39 is 0 Å². The summed E-state index contributed by atoms with van der Waals surface area (Å²) in [6, 6.07) is 14.8. The average Bonchev–Trinajstić information content (AvgIpc) is 3.15. The van der Waals surface area contributed by atoms with Crippen LogP contribution in [0.1, 0.15) is 22.9 Å². The number of nitrogens with one attached hydrogen (secondary N) is 1. The Hall–Kier alpha value is -3.34. The predicted molar refractivity (Wildman–Crippen MR) is 96.6 cm³/mol. The van der Waals surface area contributed by atoms with Crippen LogP contribution in [0.4, 0.5) is 5.82 Å². The first-order chi connectivity index (χ1) is 12.2. The molecule has 3 aromatic heterocycles. The van der Waals surface area contributed by atoms with Gasteiger partial charge in [0.05, 0.1) is 6.26 Å². The van der Waals surface area contributed by atoms with Crippen molar-refractivity contribution in [2.24, 2.45) is 0 Å². The maximum atomic E-state index is 10.8. The SMILES string of the molecule is Cc1ccnc(NC(c2ccco2)c2ccc3cccnc3c2O)c1. The van der Waals surface area contributed by atoms with Crippen molar-refractivity contribution < 1.29 is 9.52 Å². The number of aromatic hydroxyl groups is 1. The van der Waals surface area contributed by atoms with Gasteiger partial charge in [-0.1, -0.05) is 18.2 Å². The summed E-state index contributed by atoms with van der Waals surface area (Å²) in [5, 5.41) is 15.0. The first-order valence-electron chi connectivity index (χ1n) is 8.01. The van der Waals surface area contributed by atoms with Crippen LogP contribution in [0.25, 0.3) is 10.9 Å². The highest BCUT2D eigenvalue weighted by molar-refractivity contribution is 5.85. The van der Waals surface area contributed by atoms with Crippen LogP contribution in [-0.2, 0) is 0 Å². The summed E-state index contributed by atoms with van der Waals surface area (Å²) in [6.07, 6.45) is 5.03. The van der Waals surface area contributed by atoms with Crippen molar-refractivity contribution in [2.45, 2.75) is 13.0 Å². The minimum absolute atomic E-state index is 0.139. The zero-order chi connectivity index (χ0) is 17.2. The fourth-order valence-electron chi connectivity index (χ4n) is 2.90. The van der Waals surface area contributed by atoms with E-state index in [0.29, 0.717) is 22.7 Å². The summed E-state index contributed by atoms with van der Waals surface area (Å²) in [5.41, 5.74) is 2.35. The number of phenols is 1. The molecule has 0 amide bonds. The molecule has 0 saturated heterocycles. The molecule has 0 spiro atoms. The Morgan fingerprint density at radius 3 is 2.76 bits per heavy atom. The Balaban J connectivity index is 1.83. The van der Waals surface area contributed by atoms with Crippen LogP contribution in [0.2, 0.25) is 0 Å². The van der Waals surface area contributed by atoms with Crippen molar-refractivity contribution in [2.75, 3.05) is 5.32 Å². The molecule has 1 unspecified atom stereocenters. The summed E-state index contributed by atoms with van der Waals surface area (Å²) in [4.78, 5) is 8.66. The van der Waals surface area contributed by atoms with Crippen molar-refractivity contribution in [1.29, 1.82) is 0 Å². The van der Waals surface area contributed by atoms with Crippen molar-refractivity contribution in [3.63, 3.8) is 0 Å². The molecule has 0 aliphatic heterocycles. The summed E-state index contributed by atoms with van der Waals surface area (Å²) in [7, 11) is 0. The highest BCUT2D eigenvalue weighted by atomic mass is 16.3. The lowest BCUT2D eigenvalue weighted by Crippen LogP contribution is -2.13. The molecule has 0 aliphatic carbocycles. The second kappa shape index (κ2) is 6.28. The molecule has 4 aromatic rings. The molecule has 0 bridgehead atoms. The first kappa shape index (κ1) is 15.2. The van der Waals surface area contributed by atoms with Crippen LogP contribution in [-0.4, -0.2) is 15.1 Å². The second-order valence-electron chi connectivity index (χ2n) is 5.89. The molecule has 2 N–H and O–H groups in total. The lowest BCUT2D eigenvalue weighted by atomic mass is 10.0. The van der Waals surface area contributed by atoms with Crippen molar-refractivity contribution in [1.82, 2.24) is 9.97 Å². The van der Waals surface area contributed by atoms with Crippen LogP contribution in [0.5, 0.6) is 5.75 Å². The summed E-state index contributed by atoms with van der Waals surface area (Å²) >= 11 is 0. The van der Waals surface area contributed by atoms with Gasteiger partial charge in [-0.2, -0.15) is 0 Å². The van der Waals surface area contributed by atoms with Crippen molar-refractivity contribution in [3.05, 3.63) is 84.1 Å². The van der Waals surface area contributed by atoms with E-state index in [0.717, 1.165) is 10.9 Å². The number of nitrogens with zero attached hydrogens (tertiary/aromatic N) is 2. The molecular formula is C20H17N3O2. The molecule has 124 valence electrons. The van der Waals surface area contributed by atoms with Gasteiger partial charge in [-0.05, 0) is 42.8 Å². The van der Waals surface area contributed by atoms with Crippen LogP contribution in [0.15, 0.2) is 71.6 Å². The Labute approximate surface area is 145 Å². The van der Waals surface area contributed by atoms with Gasteiger partial charge in [0, 0.05) is 23.3 Å². The first-order valence-corrected chi connectivity index (χ1v) is 8.01. The molecule has 0 radical (unpaired) electrons. The molecule has 1 atom stereocenters. The normalized spacial score (nSPS) is 12.2. The number of pyridine rings is 2. The highest BCUT2D eigenvalue weighted by Crippen LogP contribution is 2.36. The fourth-order valence-corrected chi connectivity index (χ4v) is 2.90. The smallest absolute Gasteiger partial charge is 0.147 e. The molecule has 0 fully saturated rings. The van der Waals surface area contributed by atoms with Crippen molar-refractivity contribution >= 4 is 16.7 Å². The van der Waals surface area contributed by atoms with Gasteiger partial charge in [-0.3, -0.25) is 4.98 Å². The third-order valence-electron chi connectivity index (χ3n) is 4.13. The van der Waals surface area contributed by atoms with E-state index in [1.165, 1.54) is 0 Å². The Morgan fingerprint density at radius 2 is 1.96 bits per heavy atom.